The fraction of sp³-hybridized carbons (Fsp3) is 1.00. The molecular weight excluding hydrogens is 144 g/mol. The van der Waals surface area contributed by atoms with Crippen molar-refractivity contribution in [2.75, 3.05) is 21.3 Å². The largest absolute Gasteiger partial charge is 0.376 e. The van der Waals surface area contributed by atoms with Crippen LogP contribution in [0.25, 0.3) is 0 Å². The lowest BCUT2D eigenvalue weighted by Gasteiger charge is -2.22. The van der Waals surface area contributed by atoms with Crippen molar-refractivity contribution in [1.29, 1.82) is 0 Å². The fourth-order valence-electron chi connectivity index (χ4n) is 1.05. The van der Waals surface area contributed by atoms with Crippen molar-refractivity contribution in [3.05, 3.63) is 0 Å². The van der Waals surface area contributed by atoms with Gasteiger partial charge in [-0.1, -0.05) is 13.3 Å². The molecule has 0 amide bonds. The van der Waals surface area contributed by atoms with Crippen LogP contribution in [0, 0.1) is 0 Å². The lowest BCUT2D eigenvalue weighted by atomic mass is 10.2. The Morgan fingerprint density at radius 2 is 1.55 bits per heavy atom. The Bertz CT molecular complexity index is 81.4. The molecule has 0 fully saturated rings. The van der Waals surface area contributed by atoms with Gasteiger partial charge in [-0.05, 0) is 6.42 Å². The van der Waals surface area contributed by atoms with E-state index >= 15 is 0 Å². The molecule has 0 bridgehead atoms. The second-order valence-corrected chi connectivity index (χ2v) is 2.40. The van der Waals surface area contributed by atoms with E-state index in [0.717, 1.165) is 12.8 Å². The molecule has 0 aliphatic carbocycles. The summed E-state index contributed by atoms with van der Waals surface area (Å²) in [7, 11) is 4.91. The minimum absolute atomic E-state index is 0.0509. The highest BCUT2D eigenvalue weighted by Gasteiger charge is 2.18. The van der Waals surface area contributed by atoms with E-state index in [1.54, 1.807) is 21.3 Å². The van der Waals surface area contributed by atoms with Gasteiger partial charge in [-0.3, -0.25) is 0 Å². The minimum atomic E-state index is -0.236. The van der Waals surface area contributed by atoms with Gasteiger partial charge in [-0.15, -0.1) is 0 Å². The van der Waals surface area contributed by atoms with E-state index in [0.29, 0.717) is 0 Å². The smallest absolute Gasteiger partial charge is 0.182 e. The Morgan fingerprint density at radius 3 is 1.82 bits per heavy atom. The zero-order chi connectivity index (χ0) is 8.69. The maximum Gasteiger partial charge on any atom is 0.182 e. The molecule has 0 N–H and O–H groups in total. The van der Waals surface area contributed by atoms with E-state index < -0.39 is 0 Å². The molecule has 3 nitrogen and oxygen atoms in total. The van der Waals surface area contributed by atoms with Crippen LogP contribution in [-0.4, -0.2) is 33.7 Å². The van der Waals surface area contributed by atoms with Gasteiger partial charge in [0.2, 0.25) is 0 Å². The Hall–Kier alpha value is -0.120. The van der Waals surface area contributed by atoms with Crippen LogP contribution in [0.15, 0.2) is 0 Å². The zero-order valence-corrected chi connectivity index (χ0v) is 7.79. The third kappa shape index (κ3) is 3.70. The molecule has 0 aromatic heterocycles. The Kier molecular flexibility index (Phi) is 6.51. The molecule has 0 spiro atoms. The maximum atomic E-state index is 5.18. The summed E-state index contributed by atoms with van der Waals surface area (Å²) < 4.78 is 15.3. The summed E-state index contributed by atoms with van der Waals surface area (Å²) in [5.74, 6) is 0. The molecule has 0 saturated carbocycles. The molecule has 0 aromatic carbocycles. The minimum Gasteiger partial charge on any atom is -0.376 e. The molecular formula is C8H18O3. The highest BCUT2D eigenvalue weighted by molar-refractivity contribution is 4.60. The summed E-state index contributed by atoms with van der Waals surface area (Å²) >= 11 is 0. The lowest BCUT2D eigenvalue weighted by molar-refractivity contribution is -0.174. The highest BCUT2D eigenvalue weighted by Crippen LogP contribution is 2.09. The first kappa shape index (κ1) is 10.9. The third-order valence-electron chi connectivity index (χ3n) is 1.64. The first-order valence-corrected chi connectivity index (χ1v) is 3.88. The average molecular weight is 162 g/mol. The highest BCUT2D eigenvalue weighted by atomic mass is 16.7. The molecule has 0 saturated heterocycles. The van der Waals surface area contributed by atoms with Crippen LogP contribution in [-0.2, 0) is 14.2 Å². The zero-order valence-electron chi connectivity index (χ0n) is 7.79. The average Bonchev–Trinajstić information content (AvgIpc) is 2.05. The van der Waals surface area contributed by atoms with Gasteiger partial charge < -0.3 is 14.2 Å². The maximum absolute atomic E-state index is 5.18. The molecule has 0 heterocycles. The van der Waals surface area contributed by atoms with Gasteiger partial charge in [0.05, 0.1) is 0 Å². The van der Waals surface area contributed by atoms with E-state index in [9.17, 15) is 0 Å². The van der Waals surface area contributed by atoms with Crippen LogP contribution in [0.3, 0.4) is 0 Å². The monoisotopic (exact) mass is 162 g/mol. The fourth-order valence-corrected chi connectivity index (χ4v) is 1.05. The van der Waals surface area contributed by atoms with Crippen LogP contribution >= 0.6 is 0 Å². The van der Waals surface area contributed by atoms with Crippen LogP contribution < -0.4 is 0 Å². The Balaban J connectivity index is 3.76. The van der Waals surface area contributed by atoms with Crippen molar-refractivity contribution in [3.8, 4) is 0 Å². The van der Waals surface area contributed by atoms with Gasteiger partial charge in [0.1, 0.15) is 6.10 Å². The standard InChI is InChI=1S/C8H18O3/c1-5-6-7(9-2)8(10-3)11-4/h7-8H,5-6H2,1-4H3. The van der Waals surface area contributed by atoms with E-state index in [1.165, 1.54) is 0 Å². The SMILES string of the molecule is CCCC(OC)C(OC)OC. The quantitative estimate of drug-likeness (QED) is 0.553. The normalized spacial score (nSPS) is 13.9. The van der Waals surface area contributed by atoms with Gasteiger partial charge in [-0.25, -0.2) is 0 Å². The summed E-state index contributed by atoms with van der Waals surface area (Å²) in [6.45, 7) is 2.11. The third-order valence-corrected chi connectivity index (χ3v) is 1.64. The molecule has 68 valence electrons. The van der Waals surface area contributed by atoms with Gasteiger partial charge in [0.15, 0.2) is 6.29 Å². The number of methoxy groups -OCH3 is 3. The Morgan fingerprint density at radius 1 is 1.00 bits per heavy atom. The first-order valence-electron chi connectivity index (χ1n) is 3.88. The van der Waals surface area contributed by atoms with E-state index in [-0.39, 0.29) is 12.4 Å². The molecule has 3 heteroatoms. The van der Waals surface area contributed by atoms with Crippen molar-refractivity contribution in [3.63, 3.8) is 0 Å². The number of rotatable bonds is 6. The summed E-state index contributed by atoms with van der Waals surface area (Å²) in [6, 6.07) is 0. The molecule has 0 aliphatic rings. The summed E-state index contributed by atoms with van der Waals surface area (Å²) in [4.78, 5) is 0. The van der Waals surface area contributed by atoms with Crippen LogP contribution in [0.5, 0.6) is 0 Å². The van der Waals surface area contributed by atoms with Gasteiger partial charge in [-0.2, -0.15) is 0 Å². The van der Waals surface area contributed by atoms with Crippen LogP contribution in [0.2, 0.25) is 0 Å². The molecule has 11 heavy (non-hydrogen) atoms. The van der Waals surface area contributed by atoms with E-state index in [4.69, 9.17) is 14.2 Å². The predicted octanol–water partition coefficient (Wildman–Crippen LogP) is 1.42. The van der Waals surface area contributed by atoms with Gasteiger partial charge >= 0.3 is 0 Å². The van der Waals surface area contributed by atoms with Crippen molar-refractivity contribution in [2.24, 2.45) is 0 Å². The number of hydrogen-bond acceptors (Lipinski definition) is 3. The summed E-state index contributed by atoms with van der Waals surface area (Å²) in [6.07, 6.45) is 1.85. The first-order chi connectivity index (χ1) is 5.29. The van der Waals surface area contributed by atoms with Crippen molar-refractivity contribution in [2.45, 2.75) is 32.2 Å². The van der Waals surface area contributed by atoms with Crippen LogP contribution in [0.1, 0.15) is 19.8 Å². The van der Waals surface area contributed by atoms with Crippen LogP contribution in [0.4, 0.5) is 0 Å². The van der Waals surface area contributed by atoms with Crippen molar-refractivity contribution in [1.82, 2.24) is 0 Å². The van der Waals surface area contributed by atoms with E-state index in [2.05, 4.69) is 6.92 Å². The number of ether oxygens (including phenoxy) is 3. The van der Waals surface area contributed by atoms with E-state index in [1.807, 2.05) is 0 Å². The molecule has 1 atom stereocenters. The molecule has 0 radical (unpaired) electrons. The molecule has 0 aromatic rings. The van der Waals surface area contributed by atoms with Crippen molar-refractivity contribution < 1.29 is 14.2 Å². The number of hydrogen-bond donors (Lipinski definition) is 0. The molecule has 0 aliphatic heterocycles. The Labute approximate surface area is 68.6 Å². The summed E-state index contributed by atoms with van der Waals surface area (Å²) in [5, 5.41) is 0. The topological polar surface area (TPSA) is 27.7 Å². The van der Waals surface area contributed by atoms with Gasteiger partial charge in [0.25, 0.3) is 0 Å². The van der Waals surface area contributed by atoms with Gasteiger partial charge in [0, 0.05) is 21.3 Å². The molecule has 1 unspecified atom stereocenters. The summed E-state index contributed by atoms with van der Waals surface area (Å²) in [5.41, 5.74) is 0. The molecule has 0 rings (SSSR count). The second kappa shape index (κ2) is 6.58. The lowest BCUT2D eigenvalue weighted by Crippen LogP contribution is -2.31. The predicted molar refractivity (Wildman–Crippen MR) is 43.5 cm³/mol. The second-order valence-electron chi connectivity index (χ2n) is 2.40. The van der Waals surface area contributed by atoms with Crippen molar-refractivity contribution >= 4 is 0 Å².